The van der Waals surface area contributed by atoms with E-state index in [-0.39, 0.29) is 12.2 Å². The molecule has 3 rings (SSSR count). The van der Waals surface area contributed by atoms with Crippen LogP contribution in [0.1, 0.15) is 11.7 Å². The van der Waals surface area contributed by atoms with Gasteiger partial charge in [-0.05, 0) is 33.6 Å². The lowest BCUT2D eigenvalue weighted by molar-refractivity contribution is -0.0434. The molecule has 2 atom stereocenters. The highest BCUT2D eigenvalue weighted by Gasteiger charge is 2.28. The molecule has 0 saturated carbocycles. The lowest BCUT2D eigenvalue weighted by atomic mass is 10.0. The Balaban J connectivity index is 1.87. The fourth-order valence-corrected chi connectivity index (χ4v) is 2.84. The van der Waals surface area contributed by atoms with Crippen molar-refractivity contribution in [2.75, 3.05) is 19.7 Å². The molecule has 1 N–H and O–H groups in total. The van der Waals surface area contributed by atoms with Crippen molar-refractivity contribution in [1.82, 2.24) is 5.32 Å². The van der Waals surface area contributed by atoms with Crippen molar-refractivity contribution < 1.29 is 9.47 Å². The first kappa shape index (κ1) is 14.6. The minimum Gasteiger partial charge on any atom is -0.482 e. The van der Waals surface area contributed by atoms with E-state index in [2.05, 4.69) is 33.4 Å². The molecule has 0 radical (unpaired) electrons. The summed E-state index contributed by atoms with van der Waals surface area (Å²) in [5.41, 5.74) is 1.13. The molecule has 1 unspecified atom stereocenters. The maximum atomic E-state index is 6.26. The Kier molecular flexibility index (Phi) is 4.91. The largest absolute Gasteiger partial charge is 0.482 e. The molecule has 1 saturated heterocycles. The number of nitrogens with one attached hydrogen (secondary N) is 1. The van der Waals surface area contributed by atoms with E-state index in [0.29, 0.717) is 6.61 Å². The van der Waals surface area contributed by atoms with Crippen molar-refractivity contribution in [3.63, 3.8) is 0 Å². The minimum atomic E-state index is -0.127. The topological polar surface area (TPSA) is 30.5 Å². The van der Waals surface area contributed by atoms with Crippen LogP contribution < -0.4 is 10.1 Å². The first-order chi connectivity index (χ1) is 10.3. The molecule has 1 aliphatic rings. The van der Waals surface area contributed by atoms with Gasteiger partial charge in [0.15, 0.2) is 6.10 Å². The normalized spacial score (nSPS) is 20.0. The second-order valence-electron chi connectivity index (χ2n) is 4.99. The number of ether oxygens (including phenoxy) is 2. The molecule has 3 nitrogen and oxygen atoms in total. The number of hydrogen-bond acceptors (Lipinski definition) is 3. The Morgan fingerprint density at radius 3 is 2.57 bits per heavy atom. The van der Waals surface area contributed by atoms with Gasteiger partial charge in [0.2, 0.25) is 0 Å². The number of rotatable bonds is 4. The molecule has 2 aromatic rings. The van der Waals surface area contributed by atoms with E-state index in [1.165, 1.54) is 0 Å². The summed E-state index contributed by atoms with van der Waals surface area (Å²) in [7, 11) is 0. The van der Waals surface area contributed by atoms with Gasteiger partial charge in [0.25, 0.3) is 0 Å². The van der Waals surface area contributed by atoms with E-state index in [1.54, 1.807) is 0 Å². The molecular weight excluding hydrogens is 330 g/mol. The van der Waals surface area contributed by atoms with Crippen LogP contribution in [0, 0.1) is 0 Å². The number of morpholine rings is 1. The lowest BCUT2D eigenvalue weighted by Gasteiger charge is -2.31. The molecule has 0 aromatic heterocycles. The first-order valence-corrected chi connectivity index (χ1v) is 7.92. The first-order valence-electron chi connectivity index (χ1n) is 7.13. The van der Waals surface area contributed by atoms with E-state index in [4.69, 9.17) is 9.47 Å². The van der Waals surface area contributed by atoms with Gasteiger partial charge < -0.3 is 14.8 Å². The van der Waals surface area contributed by atoms with Crippen molar-refractivity contribution in [3.05, 3.63) is 64.6 Å². The third-order valence-electron chi connectivity index (χ3n) is 3.51. The quantitative estimate of drug-likeness (QED) is 0.917. The van der Waals surface area contributed by atoms with Gasteiger partial charge >= 0.3 is 0 Å². The monoisotopic (exact) mass is 347 g/mol. The molecule has 2 aromatic carbocycles. The number of para-hydroxylation sites is 1. The van der Waals surface area contributed by atoms with Crippen molar-refractivity contribution in [3.8, 4) is 5.75 Å². The predicted octanol–water partition coefficient (Wildman–Crippen LogP) is 3.56. The molecule has 0 amide bonds. The number of halogens is 1. The van der Waals surface area contributed by atoms with Crippen LogP contribution in [0.5, 0.6) is 5.75 Å². The van der Waals surface area contributed by atoms with Crippen molar-refractivity contribution in [1.29, 1.82) is 0 Å². The molecule has 0 spiro atoms. The maximum Gasteiger partial charge on any atom is 0.151 e. The molecular formula is C17H18BrNO2. The van der Waals surface area contributed by atoms with Crippen molar-refractivity contribution >= 4 is 15.9 Å². The second kappa shape index (κ2) is 7.07. The molecule has 1 aliphatic heterocycles. The van der Waals surface area contributed by atoms with E-state index in [0.717, 1.165) is 28.9 Å². The smallest absolute Gasteiger partial charge is 0.151 e. The van der Waals surface area contributed by atoms with Gasteiger partial charge in [-0.3, -0.25) is 0 Å². The summed E-state index contributed by atoms with van der Waals surface area (Å²) in [6.45, 7) is 2.41. The molecule has 1 fully saturated rings. The fourth-order valence-electron chi connectivity index (χ4n) is 2.46. The Labute approximate surface area is 133 Å². The molecule has 21 heavy (non-hydrogen) atoms. The van der Waals surface area contributed by atoms with Crippen LogP contribution in [0.4, 0.5) is 0 Å². The Morgan fingerprint density at radius 1 is 1.10 bits per heavy atom. The van der Waals surface area contributed by atoms with Crippen molar-refractivity contribution in [2.45, 2.75) is 12.2 Å². The van der Waals surface area contributed by atoms with Gasteiger partial charge in [0.05, 0.1) is 11.1 Å². The van der Waals surface area contributed by atoms with Gasteiger partial charge in [-0.25, -0.2) is 0 Å². The standard InChI is InChI=1S/C17H18BrNO2/c18-14-8-4-5-9-15(14)21-17(13-6-2-1-3-7-13)16-12-19-10-11-20-16/h1-9,16-17,19H,10-12H2/t16-,17?/m0/s1. The highest BCUT2D eigenvalue weighted by Crippen LogP contribution is 2.31. The summed E-state index contributed by atoms with van der Waals surface area (Å²) < 4.78 is 13.1. The second-order valence-corrected chi connectivity index (χ2v) is 5.85. The van der Waals surface area contributed by atoms with Crippen LogP contribution in [0.3, 0.4) is 0 Å². The Bertz CT molecular complexity index is 570. The fraction of sp³-hybridized carbons (Fsp3) is 0.294. The SMILES string of the molecule is Brc1ccccc1OC(c1ccccc1)[C@@H]1CNCCO1. The molecule has 0 aliphatic carbocycles. The van der Waals surface area contributed by atoms with Gasteiger partial charge in [-0.1, -0.05) is 42.5 Å². The van der Waals surface area contributed by atoms with Crippen LogP contribution in [-0.4, -0.2) is 25.8 Å². The summed E-state index contributed by atoms with van der Waals surface area (Å²) in [5.74, 6) is 0.834. The Morgan fingerprint density at radius 2 is 1.86 bits per heavy atom. The molecule has 1 heterocycles. The summed E-state index contributed by atoms with van der Waals surface area (Å²) in [4.78, 5) is 0. The van der Waals surface area contributed by atoms with Crippen LogP contribution >= 0.6 is 15.9 Å². The third kappa shape index (κ3) is 3.64. The summed E-state index contributed by atoms with van der Waals surface area (Å²) >= 11 is 3.54. The molecule has 0 bridgehead atoms. The Hall–Kier alpha value is -1.36. The van der Waals surface area contributed by atoms with Crippen LogP contribution in [0.25, 0.3) is 0 Å². The maximum absolute atomic E-state index is 6.26. The van der Waals surface area contributed by atoms with Gasteiger partial charge in [-0.2, -0.15) is 0 Å². The van der Waals surface area contributed by atoms with Gasteiger partial charge in [0.1, 0.15) is 11.9 Å². The average Bonchev–Trinajstić information content (AvgIpc) is 2.56. The summed E-state index contributed by atoms with van der Waals surface area (Å²) in [5, 5.41) is 3.37. The molecule has 4 heteroatoms. The van der Waals surface area contributed by atoms with Gasteiger partial charge in [0, 0.05) is 13.1 Å². The number of benzene rings is 2. The lowest BCUT2D eigenvalue weighted by Crippen LogP contribution is -2.43. The van der Waals surface area contributed by atoms with Crippen molar-refractivity contribution in [2.24, 2.45) is 0 Å². The summed E-state index contributed by atoms with van der Waals surface area (Å²) in [6.07, 6.45) is -0.119. The van der Waals surface area contributed by atoms with Gasteiger partial charge in [-0.15, -0.1) is 0 Å². The van der Waals surface area contributed by atoms with Crippen LogP contribution in [0.15, 0.2) is 59.1 Å². The van der Waals surface area contributed by atoms with Crippen LogP contribution in [-0.2, 0) is 4.74 Å². The van der Waals surface area contributed by atoms with E-state index in [1.807, 2.05) is 42.5 Å². The zero-order valence-corrected chi connectivity index (χ0v) is 13.3. The summed E-state index contributed by atoms with van der Waals surface area (Å²) in [6, 6.07) is 18.1. The van der Waals surface area contributed by atoms with E-state index < -0.39 is 0 Å². The zero-order chi connectivity index (χ0) is 14.5. The van der Waals surface area contributed by atoms with E-state index in [9.17, 15) is 0 Å². The van der Waals surface area contributed by atoms with Crippen LogP contribution in [0.2, 0.25) is 0 Å². The molecule has 110 valence electrons. The highest BCUT2D eigenvalue weighted by atomic mass is 79.9. The highest BCUT2D eigenvalue weighted by molar-refractivity contribution is 9.10. The average molecular weight is 348 g/mol. The van der Waals surface area contributed by atoms with E-state index >= 15 is 0 Å². The predicted molar refractivity (Wildman–Crippen MR) is 86.6 cm³/mol. The number of hydrogen-bond donors (Lipinski definition) is 1. The zero-order valence-electron chi connectivity index (χ0n) is 11.7. The third-order valence-corrected chi connectivity index (χ3v) is 4.17. The minimum absolute atomic E-state index is 0.00764.